The summed E-state index contributed by atoms with van der Waals surface area (Å²) in [4.78, 5) is 0. The van der Waals surface area contributed by atoms with Gasteiger partial charge in [-0.05, 0) is 32.9 Å². The first-order valence-electron chi connectivity index (χ1n) is 9.59. The van der Waals surface area contributed by atoms with E-state index < -0.39 is 11.6 Å². The van der Waals surface area contributed by atoms with Gasteiger partial charge in [0, 0.05) is 35.9 Å². The third-order valence-electron chi connectivity index (χ3n) is 4.07. The molecular weight excluding hydrogens is 372 g/mol. The first kappa shape index (κ1) is 23.9. The van der Waals surface area contributed by atoms with Crippen molar-refractivity contribution in [2.75, 3.05) is 0 Å². The zero-order valence-electron chi connectivity index (χ0n) is 17.6. The number of allylic oxidation sites excluding steroid dienone is 2. The summed E-state index contributed by atoms with van der Waals surface area (Å²) in [6.07, 6.45) is 3.41. The van der Waals surface area contributed by atoms with Crippen molar-refractivity contribution in [3.05, 3.63) is 52.9 Å². The molecule has 2 rings (SSSR count). The highest BCUT2D eigenvalue weighted by molar-refractivity contribution is 5.50. The Balaban J connectivity index is 0.00000204. The monoisotopic (exact) mass is 399 g/mol. The Kier molecular flexibility index (Phi) is 10.2. The highest BCUT2D eigenvalue weighted by Gasteiger charge is 2.15. The van der Waals surface area contributed by atoms with E-state index in [9.17, 15) is 8.78 Å². The molecule has 0 fully saturated rings. The van der Waals surface area contributed by atoms with Gasteiger partial charge in [-0.25, -0.2) is 13.5 Å². The van der Waals surface area contributed by atoms with Crippen LogP contribution in [0.25, 0.3) is 5.70 Å². The molecule has 4 nitrogen and oxygen atoms in total. The Labute approximate surface area is 171 Å². The molecule has 0 atom stereocenters. The van der Waals surface area contributed by atoms with E-state index in [0.717, 1.165) is 34.8 Å². The molecule has 0 aliphatic heterocycles. The van der Waals surface area contributed by atoms with Gasteiger partial charge in [0.15, 0.2) is 11.6 Å². The van der Waals surface area contributed by atoms with E-state index in [1.807, 2.05) is 40.7 Å². The standard InChI is InChI=1S/C21H21F2N3O.C2H6/c1-4-18(9-7-5-6-8-12-24)26-16(3)19(15(2)25-26)14-27-21-11-10-17(22)13-20(21)23;1-2/h4,10-11,13H,6,8-9,14H2,1-3H3;1-2H3/b18-4+;. The molecule has 154 valence electrons. The Bertz CT molecular complexity index is 943. The van der Waals surface area contributed by atoms with Gasteiger partial charge in [-0.3, -0.25) is 0 Å². The van der Waals surface area contributed by atoms with E-state index in [0.29, 0.717) is 19.3 Å². The van der Waals surface area contributed by atoms with Crippen molar-refractivity contribution in [3.8, 4) is 23.7 Å². The Morgan fingerprint density at radius 3 is 2.55 bits per heavy atom. The van der Waals surface area contributed by atoms with Crippen molar-refractivity contribution in [2.24, 2.45) is 0 Å². The zero-order valence-corrected chi connectivity index (χ0v) is 17.6. The number of ether oxygens (including phenoxy) is 1. The van der Waals surface area contributed by atoms with Gasteiger partial charge in [-0.2, -0.15) is 10.4 Å². The van der Waals surface area contributed by atoms with Crippen LogP contribution in [0.3, 0.4) is 0 Å². The molecule has 0 amide bonds. The molecule has 0 bridgehead atoms. The van der Waals surface area contributed by atoms with Crippen molar-refractivity contribution in [2.45, 2.75) is 60.5 Å². The van der Waals surface area contributed by atoms with Crippen LogP contribution in [-0.2, 0) is 6.61 Å². The number of nitrogens with zero attached hydrogens (tertiary/aromatic N) is 3. The van der Waals surface area contributed by atoms with Crippen molar-refractivity contribution in [1.82, 2.24) is 9.78 Å². The SMILES string of the molecule is C/C=C(\CC#CCCC#N)n1nc(C)c(COc2ccc(F)cc2F)c1C.CC. The van der Waals surface area contributed by atoms with E-state index in [1.54, 1.807) is 4.68 Å². The molecule has 0 saturated heterocycles. The van der Waals surface area contributed by atoms with Crippen molar-refractivity contribution < 1.29 is 13.5 Å². The maximum absolute atomic E-state index is 13.7. The minimum Gasteiger partial charge on any atom is -0.486 e. The second-order valence-electron chi connectivity index (χ2n) is 5.89. The van der Waals surface area contributed by atoms with Gasteiger partial charge in [-0.1, -0.05) is 25.8 Å². The number of hydrogen-bond acceptors (Lipinski definition) is 3. The third kappa shape index (κ3) is 6.76. The van der Waals surface area contributed by atoms with Crippen LogP contribution in [0.4, 0.5) is 8.78 Å². The number of unbranched alkanes of at least 4 members (excludes halogenated alkanes) is 1. The Morgan fingerprint density at radius 1 is 1.21 bits per heavy atom. The van der Waals surface area contributed by atoms with Crippen molar-refractivity contribution >= 4 is 5.70 Å². The van der Waals surface area contributed by atoms with Gasteiger partial charge in [-0.15, -0.1) is 5.92 Å². The molecular formula is C23H27F2N3O. The molecule has 0 saturated carbocycles. The average Bonchev–Trinajstić information content (AvgIpc) is 2.99. The van der Waals surface area contributed by atoms with E-state index in [1.165, 1.54) is 6.07 Å². The maximum atomic E-state index is 13.7. The van der Waals surface area contributed by atoms with Crippen LogP contribution in [0.2, 0.25) is 0 Å². The van der Waals surface area contributed by atoms with Gasteiger partial charge in [0.05, 0.1) is 18.2 Å². The van der Waals surface area contributed by atoms with E-state index in [4.69, 9.17) is 10.00 Å². The number of hydrogen-bond donors (Lipinski definition) is 0. The lowest BCUT2D eigenvalue weighted by Crippen LogP contribution is -2.03. The van der Waals surface area contributed by atoms with Crippen LogP contribution in [0.15, 0.2) is 24.3 Å². The highest BCUT2D eigenvalue weighted by atomic mass is 19.1. The van der Waals surface area contributed by atoms with E-state index in [2.05, 4.69) is 23.0 Å². The molecule has 0 aliphatic carbocycles. The fourth-order valence-electron chi connectivity index (χ4n) is 2.56. The molecule has 0 spiro atoms. The molecule has 0 unspecified atom stereocenters. The molecule has 0 N–H and O–H groups in total. The highest BCUT2D eigenvalue weighted by Crippen LogP contribution is 2.23. The molecule has 2 aromatic rings. The molecule has 1 aromatic carbocycles. The molecule has 1 aromatic heterocycles. The first-order valence-corrected chi connectivity index (χ1v) is 9.59. The average molecular weight is 399 g/mol. The first-order chi connectivity index (χ1) is 14.0. The Morgan fingerprint density at radius 2 is 1.93 bits per heavy atom. The second kappa shape index (κ2) is 12.4. The molecule has 6 heteroatoms. The lowest BCUT2D eigenvalue weighted by atomic mass is 10.2. The van der Waals surface area contributed by atoms with Gasteiger partial charge in [0.2, 0.25) is 0 Å². The zero-order chi connectivity index (χ0) is 21.8. The van der Waals surface area contributed by atoms with Crippen LogP contribution < -0.4 is 4.74 Å². The summed E-state index contributed by atoms with van der Waals surface area (Å²) in [5.74, 6) is 4.63. The molecule has 1 heterocycles. The molecule has 0 aliphatic rings. The summed E-state index contributed by atoms with van der Waals surface area (Å²) in [5.41, 5.74) is 3.41. The summed E-state index contributed by atoms with van der Waals surface area (Å²) < 4.78 is 34.1. The quantitative estimate of drug-likeness (QED) is 0.446. The van der Waals surface area contributed by atoms with Crippen LogP contribution in [0.1, 0.15) is 57.0 Å². The number of aryl methyl sites for hydroxylation is 1. The van der Waals surface area contributed by atoms with Crippen molar-refractivity contribution in [3.63, 3.8) is 0 Å². The molecule has 29 heavy (non-hydrogen) atoms. The van der Waals surface area contributed by atoms with Gasteiger partial charge in [0.1, 0.15) is 12.4 Å². The summed E-state index contributed by atoms with van der Waals surface area (Å²) in [5, 5.41) is 13.1. The van der Waals surface area contributed by atoms with Gasteiger partial charge >= 0.3 is 0 Å². The van der Waals surface area contributed by atoms with Crippen LogP contribution in [-0.4, -0.2) is 9.78 Å². The summed E-state index contributed by atoms with van der Waals surface area (Å²) in [6, 6.07) is 5.28. The van der Waals surface area contributed by atoms with Gasteiger partial charge in [0.25, 0.3) is 0 Å². The van der Waals surface area contributed by atoms with Crippen molar-refractivity contribution in [1.29, 1.82) is 5.26 Å². The number of aromatic nitrogens is 2. The minimum absolute atomic E-state index is 0.00225. The lowest BCUT2D eigenvalue weighted by Gasteiger charge is -2.09. The van der Waals surface area contributed by atoms with E-state index in [-0.39, 0.29) is 12.4 Å². The normalized spacial score (nSPS) is 10.3. The lowest BCUT2D eigenvalue weighted by molar-refractivity contribution is 0.288. The molecule has 0 radical (unpaired) electrons. The summed E-state index contributed by atoms with van der Waals surface area (Å²) in [7, 11) is 0. The van der Waals surface area contributed by atoms with Crippen LogP contribution >= 0.6 is 0 Å². The number of nitriles is 1. The largest absolute Gasteiger partial charge is 0.486 e. The maximum Gasteiger partial charge on any atom is 0.167 e. The smallest absolute Gasteiger partial charge is 0.167 e. The fourth-order valence-corrected chi connectivity index (χ4v) is 2.56. The minimum atomic E-state index is -0.737. The van der Waals surface area contributed by atoms with Crippen LogP contribution in [0, 0.1) is 48.7 Å². The summed E-state index contributed by atoms with van der Waals surface area (Å²) in [6.45, 7) is 9.80. The predicted molar refractivity (Wildman–Crippen MR) is 111 cm³/mol. The fraction of sp³-hybridized carbons (Fsp3) is 0.391. The van der Waals surface area contributed by atoms with E-state index >= 15 is 0 Å². The number of rotatable bonds is 6. The second-order valence-corrected chi connectivity index (χ2v) is 5.89. The number of benzene rings is 1. The third-order valence-corrected chi connectivity index (χ3v) is 4.07. The number of halogens is 2. The van der Waals surface area contributed by atoms with Crippen LogP contribution in [0.5, 0.6) is 5.75 Å². The predicted octanol–water partition coefficient (Wildman–Crippen LogP) is 5.94. The topological polar surface area (TPSA) is 50.8 Å². The Hall–Kier alpha value is -3.12. The van der Waals surface area contributed by atoms with Gasteiger partial charge < -0.3 is 4.74 Å². The summed E-state index contributed by atoms with van der Waals surface area (Å²) >= 11 is 0.